The van der Waals surface area contributed by atoms with E-state index in [1.165, 1.54) is 24.8 Å². The average Bonchev–Trinajstić information content (AvgIpc) is 2.75. The lowest BCUT2D eigenvalue weighted by atomic mass is 10.1. The van der Waals surface area contributed by atoms with Crippen molar-refractivity contribution in [2.24, 2.45) is 0 Å². The molecule has 1 aromatic heterocycles. The summed E-state index contributed by atoms with van der Waals surface area (Å²) in [5.41, 5.74) is 3.39. The number of likely N-dealkylation sites (tertiary alicyclic amines) is 1. The summed E-state index contributed by atoms with van der Waals surface area (Å²) < 4.78 is 0. The van der Waals surface area contributed by atoms with Crippen LogP contribution in [0.5, 0.6) is 0 Å². The van der Waals surface area contributed by atoms with Crippen LogP contribution in [0.3, 0.4) is 0 Å². The molecule has 4 rings (SSSR count). The Morgan fingerprint density at radius 2 is 1.68 bits per heavy atom. The van der Waals surface area contributed by atoms with Crippen LogP contribution in [0.15, 0.2) is 67.0 Å². The summed E-state index contributed by atoms with van der Waals surface area (Å²) in [5.74, 6) is 0.412. The number of nitrogens with one attached hydrogen (secondary N) is 1. The van der Waals surface area contributed by atoms with Gasteiger partial charge in [-0.05, 0) is 43.6 Å². The normalized spacial score (nSPS) is 14.6. The number of carbonyl (C=O) groups is 1. The minimum Gasteiger partial charge on any atom is -0.322 e. The SMILES string of the molecule is O=C(Nc1cccc(CN2CCCCC2)c1)c1cnc(-c2ccccc2)nc1. The van der Waals surface area contributed by atoms with Crippen molar-refractivity contribution in [3.63, 3.8) is 0 Å². The Hall–Kier alpha value is -3.05. The van der Waals surface area contributed by atoms with Gasteiger partial charge in [-0.1, -0.05) is 48.9 Å². The van der Waals surface area contributed by atoms with E-state index in [9.17, 15) is 4.79 Å². The van der Waals surface area contributed by atoms with Gasteiger partial charge in [0.05, 0.1) is 5.56 Å². The van der Waals surface area contributed by atoms with Gasteiger partial charge in [0.25, 0.3) is 5.91 Å². The number of anilines is 1. The van der Waals surface area contributed by atoms with Crippen LogP contribution >= 0.6 is 0 Å². The number of aromatic nitrogens is 2. The van der Waals surface area contributed by atoms with E-state index < -0.39 is 0 Å². The van der Waals surface area contributed by atoms with Crippen molar-refractivity contribution in [1.29, 1.82) is 0 Å². The van der Waals surface area contributed by atoms with Gasteiger partial charge in [0.15, 0.2) is 5.82 Å². The second-order valence-electron chi connectivity index (χ2n) is 7.15. The van der Waals surface area contributed by atoms with E-state index in [1.807, 2.05) is 48.5 Å². The molecule has 2 aromatic carbocycles. The molecule has 1 N–H and O–H groups in total. The predicted molar refractivity (Wildman–Crippen MR) is 111 cm³/mol. The first kappa shape index (κ1) is 18.3. The summed E-state index contributed by atoms with van der Waals surface area (Å²) in [4.78, 5) is 23.7. The van der Waals surface area contributed by atoms with Gasteiger partial charge in [-0.15, -0.1) is 0 Å². The van der Waals surface area contributed by atoms with Crippen LogP contribution < -0.4 is 5.32 Å². The smallest absolute Gasteiger partial charge is 0.258 e. The highest BCUT2D eigenvalue weighted by molar-refractivity contribution is 6.03. The van der Waals surface area contributed by atoms with Crippen LogP contribution in [0.4, 0.5) is 5.69 Å². The van der Waals surface area contributed by atoms with E-state index in [0.29, 0.717) is 11.4 Å². The minimum absolute atomic E-state index is 0.199. The Balaban J connectivity index is 1.41. The van der Waals surface area contributed by atoms with Crippen LogP contribution in [0.2, 0.25) is 0 Å². The van der Waals surface area contributed by atoms with Gasteiger partial charge in [-0.2, -0.15) is 0 Å². The maximum absolute atomic E-state index is 12.6. The van der Waals surface area contributed by atoms with Crippen LogP contribution in [-0.2, 0) is 6.54 Å². The quantitative estimate of drug-likeness (QED) is 0.722. The highest BCUT2D eigenvalue weighted by atomic mass is 16.1. The van der Waals surface area contributed by atoms with E-state index in [0.717, 1.165) is 30.9 Å². The van der Waals surface area contributed by atoms with Gasteiger partial charge in [0.2, 0.25) is 0 Å². The Morgan fingerprint density at radius 3 is 2.43 bits per heavy atom. The molecule has 0 bridgehead atoms. The van der Waals surface area contributed by atoms with Gasteiger partial charge in [0, 0.05) is 30.2 Å². The highest BCUT2D eigenvalue weighted by Crippen LogP contribution is 2.17. The van der Waals surface area contributed by atoms with Crippen molar-refractivity contribution in [3.05, 3.63) is 78.1 Å². The number of carbonyl (C=O) groups excluding carboxylic acids is 1. The Labute approximate surface area is 165 Å². The summed E-state index contributed by atoms with van der Waals surface area (Å²) in [6, 6.07) is 17.8. The molecule has 28 heavy (non-hydrogen) atoms. The number of benzene rings is 2. The van der Waals surface area contributed by atoms with Crippen molar-refractivity contribution in [2.75, 3.05) is 18.4 Å². The number of amides is 1. The lowest BCUT2D eigenvalue weighted by Gasteiger charge is -2.26. The standard InChI is InChI=1S/C23H24N4O/c28-23(20-15-24-22(25-16-20)19-9-3-1-4-10-19)26-21-11-7-8-18(14-21)17-27-12-5-2-6-13-27/h1,3-4,7-11,14-16H,2,5-6,12-13,17H2,(H,26,28). The zero-order valence-corrected chi connectivity index (χ0v) is 15.8. The van der Waals surface area contributed by atoms with Crippen LogP contribution in [0.1, 0.15) is 35.2 Å². The summed E-state index contributed by atoms with van der Waals surface area (Å²) in [7, 11) is 0. The maximum atomic E-state index is 12.6. The third-order valence-electron chi connectivity index (χ3n) is 4.99. The lowest BCUT2D eigenvalue weighted by Crippen LogP contribution is -2.29. The van der Waals surface area contributed by atoms with E-state index in [-0.39, 0.29) is 5.91 Å². The number of hydrogen-bond acceptors (Lipinski definition) is 4. The molecule has 5 heteroatoms. The van der Waals surface area contributed by atoms with Gasteiger partial charge in [-0.25, -0.2) is 9.97 Å². The fraction of sp³-hybridized carbons (Fsp3) is 0.261. The van der Waals surface area contributed by atoms with E-state index in [2.05, 4.69) is 26.3 Å². The molecule has 142 valence electrons. The first-order valence-corrected chi connectivity index (χ1v) is 9.78. The number of rotatable bonds is 5. The largest absolute Gasteiger partial charge is 0.322 e. The van der Waals surface area contributed by atoms with Crippen LogP contribution in [0, 0.1) is 0 Å². The number of hydrogen-bond donors (Lipinski definition) is 1. The minimum atomic E-state index is -0.199. The maximum Gasteiger partial charge on any atom is 0.258 e. The van der Waals surface area contributed by atoms with Gasteiger partial charge >= 0.3 is 0 Å². The molecule has 5 nitrogen and oxygen atoms in total. The first-order valence-electron chi connectivity index (χ1n) is 9.78. The fourth-order valence-electron chi connectivity index (χ4n) is 3.51. The van der Waals surface area contributed by atoms with E-state index >= 15 is 0 Å². The van der Waals surface area contributed by atoms with Crippen molar-refractivity contribution < 1.29 is 4.79 Å². The molecular weight excluding hydrogens is 348 g/mol. The molecule has 0 radical (unpaired) electrons. The van der Waals surface area contributed by atoms with Crippen molar-refractivity contribution >= 4 is 11.6 Å². The second-order valence-corrected chi connectivity index (χ2v) is 7.15. The monoisotopic (exact) mass is 372 g/mol. The third-order valence-corrected chi connectivity index (χ3v) is 4.99. The Bertz CT molecular complexity index is 919. The lowest BCUT2D eigenvalue weighted by molar-refractivity contribution is 0.102. The van der Waals surface area contributed by atoms with Crippen molar-refractivity contribution in [3.8, 4) is 11.4 Å². The zero-order valence-electron chi connectivity index (χ0n) is 15.8. The third kappa shape index (κ3) is 4.61. The molecule has 1 saturated heterocycles. The van der Waals surface area contributed by atoms with Gasteiger partial charge < -0.3 is 5.32 Å². The first-order chi connectivity index (χ1) is 13.8. The molecule has 0 aliphatic carbocycles. The second kappa shape index (κ2) is 8.76. The van der Waals surface area contributed by atoms with Crippen LogP contribution in [0.25, 0.3) is 11.4 Å². The Kier molecular flexibility index (Phi) is 5.73. The molecule has 1 aliphatic heterocycles. The molecule has 2 heterocycles. The van der Waals surface area contributed by atoms with Crippen LogP contribution in [-0.4, -0.2) is 33.9 Å². The topological polar surface area (TPSA) is 58.1 Å². The van der Waals surface area contributed by atoms with E-state index in [1.54, 1.807) is 12.4 Å². The molecular formula is C23H24N4O. The van der Waals surface area contributed by atoms with Crippen molar-refractivity contribution in [1.82, 2.24) is 14.9 Å². The van der Waals surface area contributed by atoms with Gasteiger partial charge in [0.1, 0.15) is 0 Å². The molecule has 0 saturated carbocycles. The van der Waals surface area contributed by atoms with Gasteiger partial charge in [-0.3, -0.25) is 9.69 Å². The number of nitrogens with zero attached hydrogens (tertiary/aromatic N) is 3. The highest BCUT2D eigenvalue weighted by Gasteiger charge is 2.12. The summed E-state index contributed by atoms with van der Waals surface area (Å²) in [6.45, 7) is 3.24. The zero-order chi connectivity index (χ0) is 19.2. The molecule has 0 spiro atoms. The fourth-order valence-corrected chi connectivity index (χ4v) is 3.51. The summed E-state index contributed by atoms with van der Waals surface area (Å²) in [6.07, 6.45) is 7.02. The molecule has 3 aromatic rings. The van der Waals surface area contributed by atoms with E-state index in [4.69, 9.17) is 0 Å². The molecule has 1 aliphatic rings. The Morgan fingerprint density at radius 1 is 0.929 bits per heavy atom. The molecule has 0 unspecified atom stereocenters. The van der Waals surface area contributed by atoms with Crippen molar-refractivity contribution in [2.45, 2.75) is 25.8 Å². The predicted octanol–water partition coefficient (Wildman–Crippen LogP) is 4.38. The summed E-state index contributed by atoms with van der Waals surface area (Å²) in [5, 5.41) is 2.96. The molecule has 1 fully saturated rings. The number of piperidine rings is 1. The molecule has 0 atom stereocenters. The summed E-state index contributed by atoms with van der Waals surface area (Å²) >= 11 is 0. The molecule has 1 amide bonds. The average molecular weight is 372 g/mol.